The zero-order valence-corrected chi connectivity index (χ0v) is 14.5. The minimum absolute atomic E-state index is 0.0148. The van der Waals surface area contributed by atoms with Gasteiger partial charge in [-0.25, -0.2) is 4.79 Å². The van der Waals surface area contributed by atoms with Crippen molar-refractivity contribution >= 4 is 29.8 Å². The monoisotopic (exact) mass is 363 g/mol. The molecule has 0 saturated carbocycles. The Bertz CT molecular complexity index is 956. The van der Waals surface area contributed by atoms with Gasteiger partial charge in [-0.05, 0) is 31.2 Å². The molecule has 0 aliphatic carbocycles. The molecule has 2 aromatic carbocycles. The molecule has 136 valence electrons. The van der Waals surface area contributed by atoms with Crippen LogP contribution in [0, 0.1) is 6.92 Å². The molecular weight excluding hydrogens is 346 g/mol. The van der Waals surface area contributed by atoms with Gasteiger partial charge >= 0.3 is 5.97 Å². The average molecular weight is 363 g/mol. The van der Waals surface area contributed by atoms with Gasteiger partial charge < -0.3 is 15.8 Å². The summed E-state index contributed by atoms with van der Waals surface area (Å²) < 4.78 is 5.20. The number of esters is 1. The number of nitrogens with one attached hydrogen (secondary N) is 1. The van der Waals surface area contributed by atoms with Gasteiger partial charge in [0.2, 0.25) is 11.9 Å². The first kappa shape index (κ1) is 18.0. The third-order valence-electron chi connectivity index (χ3n) is 3.62. The zero-order chi connectivity index (χ0) is 19.2. The SMILES string of the molecule is Cc1ccc(Nc2nc(N)nc(COC(=O)c3ccc(C=O)cc3)n2)cc1. The van der Waals surface area contributed by atoms with Crippen molar-refractivity contribution in [3.8, 4) is 0 Å². The third kappa shape index (κ3) is 4.85. The van der Waals surface area contributed by atoms with Gasteiger partial charge in [0.15, 0.2) is 12.4 Å². The Kier molecular flexibility index (Phi) is 5.36. The molecule has 0 unspecified atom stereocenters. The minimum atomic E-state index is -0.556. The number of aldehydes is 1. The largest absolute Gasteiger partial charge is 0.454 e. The summed E-state index contributed by atoms with van der Waals surface area (Å²) in [6, 6.07) is 13.8. The van der Waals surface area contributed by atoms with Crippen LogP contribution in [0.3, 0.4) is 0 Å². The fraction of sp³-hybridized carbons (Fsp3) is 0.105. The second-order valence-corrected chi connectivity index (χ2v) is 5.74. The lowest BCUT2D eigenvalue weighted by atomic mass is 10.1. The number of carbonyl (C=O) groups is 2. The number of carbonyl (C=O) groups excluding carboxylic acids is 2. The molecule has 3 aromatic rings. The van der Waals surface area contributed by atoms with E-state index >= 15 is 0 Å². The first-order valence-corrected chi connectivity index (χ1v) is 8.10. The Balaban J connectivity index is 1.67. The predicted octanol–water partition coefficient (Wildman–Crippen LogP) is 2.68. The molecule has 0 aliphatic rings. The van der Waals surface area contributed by atoms with Crippen molar-refractivity contribution in [1.29, 1.82) is 0 Å². The van der Waals surface area contributed by atoms with Gasteiger partial charge in [-0.2, -0.15) is 15.0 Å². The summed E-state index contributed by atoms with van der Waals surface area (Å²) in [5.41, 5.74) is 8.43. The summed E-state index contributed by atoms with van der Waals surface area (Å²) in [4.78, 5) is 34.9. The van der Waals surface area contributed by atoms with Crippen LogP contribution in [0.2, 0.25) is 0 Å². The van der Waals surface area contributed by atoms with Crippen LogP contribution in [0.5, 0.6) is 0 Å². The predicted molar refractivity (Wildman–Crippen MR) is 99.7 cm³/mol. The fourth-order valence-corrected chi connectivity index (χ4v) is 2.24. The van der Waals surface area contributed by atoms with E-state index in [9.17, 15) is 9.59 Å². The number of ether oxygens (including phenoxy) is 1. The van der Waals surface area contributed by atoms with E-state index in [-0.39, 0.29) is 24.3 Å². The van der Waals surface area contributed by atoms with Gasteiger partial charge in [0.25, 0.3) is 0 Å². The lowest BCUT2D eigenvalue weighted by Gasteiger charge is -2.08. The van der Waals surface area contributed by atoms with E-state index in [1.54, 1.807) is 0 Å². The van der Waals surface area contributed by atoms with E-state index in [4.69, 9.17) is 10.5 Å². The van der Waals surface area contributed by atoms with Gasteiger partial charge in [-0.1, -0.05) is 29.8 Å². The maximum atomic E-state index is 12.1. The molecule has 1 aromatic heterocycles. The van der Waals surface area contributed by atoms with Crippen LogP contribution in [-0.2, 0) is 11.3 Å². The second kappa shape index (κ2) is 8.05. The Morgan fingerprint density at radius 2 is 1.78 bits per heavy atom. The first-order valence-electron chi connectivity index (χ1n) is 8.10. The quantitative estimate of drug-likeness (QED) is 0.506. The van der Waals surface area contributed by atoms with Crippen molar-refractivity contribution in [3.05, 3.63) is 71.0 Å². The molecule has 0 bridgehead atoms. The summed E-state index contributed by atoms with van der Waals surface area (Å²) in [5.74, 6) is -0.0665. The highest BCUT2D eigenvalue weighted by Gasteiger charge is 2.11. The second-order valence-electron chi connectivity index (χ2n) is 5.74. The molecule has 8 heteroatoms. The normalized spacial score (nSPS) is 10.3. The van der Waals surface area contributed by atoms with Crippen molar-refractivity contribution in [2.24, 2.45) is 0 Å². The van der Waals surface area contributed by atoms with Crippen molar-refractivity contribution in [2.75, 3.05) is 11.1 Å². The summed E-state index contributed by atoms with van der Waals surface area (Å²) in [5, 5.41) is 3.03. The minimum Gasteiger partial charge on any atom is -0.454 e. The van der Waals surface area contributed by atoms with Crippen LogP contribution in [0.1, 0.15) is 32.1 Å². The maximum Gasteiger partial charge on any atom is 0.338 e. The van der Waals surface area contributed by atoms with Crippen molar-refractivity contribution in [3.63, 3.8) is 0 Å². The van der Waals surface area contributed by atoms with E-state index in [0.717, 1.165) is 11.3 Å². The number of anilines is 3. The van der Waals surface area contributed by atoms with Gasteiger partial charge in [-0.3, -0.25) is 4.79 Å². The number of benzene rings is 2. The molecular formula is C19H17N5O3. The molecule has 3 N–H and O–H groups in total. The number of aryl methyl sites for hydroxylation is 1. The molecule has 0 fully saturated rings. The molecule has 0 spiro atoms. The highest BCUT2D eigenvalue weighted by molar-refractivity contribution is 5.90. The van der Waals surface area contributed by atoms with E-state index < -0.39 is 5.97 Å². The molecule has 0 radical (unpaired) electrons. The van der Waals surface area contributed by atoms with Gasteiger partial charge in [0, 0.05) is 11.3 Å². The van der Waals surface area contributed by atoms with Crippen LogP contribution < -0.4 is 11.1 Å². The average Bonchev–Trinajstić information content (AvgIpc) is 2.67. The van der Waals surface area contributed by atoms with Gasteiger partial charge in [0.1, 0.15) is 6.29 Å². The van der Waals surface area contributed by atoms with Crippen LogP contribution in [-0.4, -0.2) is 27.2 Å². The highest BCUT2D eigenvalue weighted by Crippen LogP contribution is 2.15. The van der Waals surface area contributed by atoms with Crippen molar-refractivity contribution in [1.82, 2.24) is 15.0 Å². The number of rotatable bonds is 6. The molecule has 0 saturated heterocycles. The summed E-state index contributed by atoms with van der Waals surface area (Å²) in [6.07, 6.45) is 0.700. The number of aromatic nitrogens is 3. The van der Waals surface area contributed by atoms with Crippen LogP contribution in [0.4, 0.5) is 17.6 Å². The van der Waals surface area contributed by atoms with Crippen molar-refractivity contribution in [2.45, 2.75) is 13.5 Å². The van der Waals surface area contributed by atoms with E-state index in [0.29, 0.717) is 17.4 Å². The summed E-state index contributed by atoms with van der Waals surface area (Å²) in [7, 11) is 0. The Labute approximate surface area is 155 Å². The Morgan fingerprint density at radius 3 is 2.44 bits per heavy atom. The van der Waals surface area contributed by atoms with Crippen LogP contribution in [0.15, 0.2) is 48.5 Å². The lowest BCUT2D eigenvalue weighted by Crippen LogP contribution is -2.11. The number of hydrogen-bond donors (Lipinski definition) is 2. The van der Waals surface area contributed by atoms with Gasteiger partial charge in [0.05, 0.1) is 5.56 Å². The van der Waals surface area contributed by atoms with E-state index in [1.807, 2.05) is 31.2 Å². The van der Waals surface area contributed by atoms with Crippen LogP contribution in [0.25, 0.3) is 0 Å². The maximum absolute atomic E-state index is 12.1. The van der Waals surface area contributed by atoms with E-state index in [2.05, 4.69) is 20.3 Å². The molecule has 0 amide bonds. The molecule has 1 heterocycles. The summed E-state index contributed by atoms with van der Waals surface area (Å²) >= 11 is 0. The highest BCUT2D eigenvalue weighted by atomic mass is 16.5. The van der Waals surface area contributed by atoms with E-state index in [1.165, 1.54) is 24.3 Å². The molecule has 8 nitrogen and oxygen atoms in total. The molecule has 0 atom stereocenters. The molecule has 3 rings (SSSR count). The van der Waals surface area contributed by atoms with Crippen LogP contribution >= 0.6 is 0 Å². The number of nitrogens with two attached hydrogens (primary N) is 1. The third-order valence-corrected chi connectivity index (χ3v) is 3.62. The number of nitrogens with zero attached hydrogens (tertiary/aromatic N) is 3. The zero-order valence-electron chi connectivity index (χ0n) is 14.5. The summed E-state index contributed by atoms with van der Waals surface area (Å²) in [6.45, 7) is 1.83. The number of hydrogen-bond acceptors (Lipinski definition) is 8. The molecule has 0 aliphatic heterocycles. The van der Waals surface area contributed by atoms with Crippen molar-refractivity contribution < 1.29 is 14.3 Å². The fourth-order valence-electron chi connectivity index (χ4n) is 2.24. The Hall–Kier alpha value is -3.81. The van der Waals surface area contributed by atoms with Gasteiger partial charge in [-0.15, -0.1) is 0 Å². The lowest BCUT2D eigenvalue weighted by molar-refractivity contribution is 0.0462. The Morgan fingerprint density at radius 1 is 1.07 bits per heavy atom. The standard InChI is InChI=1S/C19H17N5O3/c1-12-2-8-15(9-3-12)21-19-23-16(22-18(20)24-19)11-27-17(26)14-6-4-13(10-25)5-7-14/h2-10H,11H2,1H3,(H3,20,21,22,23,24). The first-order chi connectivity index (χ1) is 13.0. The number of nitrogen functional groups attached to an aromatic ring is 1. The topological polar surface area (TPSA) is 120 Å². The molecule has 27 heavy (non-hydrogen) atoms. The smallest absolute Gasteiger partial charge is 0.338 e.